The minimum absolute atomic E-state index is 0. The van der Waals surface area contributed by atoms with Gasteiger partial charge in [-0.2, -0.15) is 0 Å². The highest BCUT2D eigenvalue weighted by Gasteiger charge is 2.21. The van der Waals surface area contributed by atoms with Crippen molar-refractivity contribution in [2.45, 2.75) is 32.7 Å². The minimum Gasteiger partial charge on any atom is -0.366 e. The summed E-state index contributed by atoms with van der Waals surface area (Å²) >= 11 is 0. The van der Waals surface area contributed by atoms with Crippen molar-refractivity contribution in [2.24, 2.45) is 17.6 Å². The average molecular weight is 340 g/mol. The van der Waals surface area contributed by atoms with Crippen molar-refractivity contribution in [3.05, 3.63) is 35.4 Å². The Hall–Kier alpha value is -1.59. The van der Waals surface area contributed by atoms with Gasteiger partial charge in [0, 0.05) is 18.5 Å². The Morgan fingerprint density at radius 2 is 2.22 bits per heavy atom. The topological polar surface area (TPSA) is 84.2 Å². The van der Waals surface area contributed by atoms with Crippen LogP contribution < -0.4 is 16.4 Å². The van der Waals surface area contributed by atoms with Crippen LogP contribution in [0.2, 0.25) is 0 Å². The van der Waals surface area contributed by atoms with Gasteiger partial charge < -0.3 is 16.4 Å². The van der Waals surface area contributed by atoms with Crippen molar-refractivity contribution in [1.29, 1.82) is 0 Å². The van der Waals surface area contributed by atoms with Gasteiger partial charge in [-0.15, -0.1) is 12.4 Å². The summed E-state index contributed by atoms with van der Waals surface area (Å²) in [5.41, 5.74) is 6.61. The number of piperidine rings is 1. The van der Waals surface area contributed by atoms with Gasteiger partial charge in [0.25, 0.3) is 0 Å². The molecule has 1 aromatic carbocycles. The lowest BCUT2D eigenvalue weighted by molar-refractivity contribution is -0.122. The Labute approximate surface area is 143 Å². The number of amides is 2. The fourth-order valence-electron chi connectivity index (χ4n) is 2.93. The lowest BCUT2D eigenvalue weighted by atomic mass is 9.85. The van der Waals surface area contributed by atoms with Gasteiger partial charge >= 0.3 is 0 Å². The Balaban J connectivity index is 0.00000264. The first-order valence-electron chi connectivity index (χ1n) is 7.92. The summed E-state index contributed by atoms with van der Waals surface area (Å²) in [6.07, 6.45) is 2.93. The van der Waals surface area contributed by atoms with Gasteiger partial charge in [-0.1, -0.05) is 19.1 Å². The number of rotatable bonds is 6. The quantitative estimate of drug-likeness (QED) is 0.739. The van der Waals surface area contributed by atoms with Crippen molar-refractivity contribution in [1.82, 2.24) is 10.6 Å². The van der Waals surface area contributed by atoms with E-state index in [2.05, 4.69) is 17.6 Å². The van der Waals surface area contributed by atoms with E-state index in [1.807, 2.05) is 6.07 Å². The molecule has 0 spiro atoms. The van der Waals surface area contributed by atoms with E-state index < -0.39 is 5.91 Å². The normalized spacial score (nSPS) is 18.6. The van der Waals surface area contributed by atoms with Gasteiger partial charge in [-0.25, -0.2) is 0 Å². The first-order valence-corrected chi connectivity index (χ1v) is 7.92. The molecule has 1 fully saturated rings. The molecule has 0 radical (unpaired) electrons. The fourth-order valence-corrected chi connectivity index (χ4v) is 2.93. The van der Waals surface area contributed by atoms with Crippen molar-refractivity contribution in [3.8, 4) is 0 Å². The zero-order valence-corrected chi connectivity index (χ0v) is 14.3. The number of halogens is 1. The Morgan fingerprint density at radius 1 is 1.43 bits per heavy atom. The molecule has 2 amide bonds. The molecule has 5 nitrogen and oxygen atoms in total. The Bertz CT molecular complexity index is 530. The predicted molar refractivity (Wildman–Crippen MR) is 93.4 cm³/mol. The molecule has 1 aromatic rings. The second-order valence-corrected chi connectivity index (χ2v) is 6.13. The van der Waals surface area contributed by atoms with Crippen LogP contribution in [0.5, 0.6) is 0 Å². The molecule has 2 rings (SSSR count). The molecule has 1 aliphatic heterocycles. The number of carbonyl (C=O) groups excluding carboxylic acids is 2. The van der Waals surface area contributed by atoms with E-state index >= 15 is 0 Å². The summed E-state index contributed by atoms with van der Waals surface area (Å²) in [5, 5.41) is 6.31. The highest BCUT2D eigenvalue weighted by atomic mass is 35.5. The molecule has 6 heteroatoms. The van der Waals surface area contributed by atoms with Crippen LogP contribution in [0.4, 0.5) is 0 Å². The van der Waals surface area contributed by atoms with Gasteiger partial charge in [0.15, 0.2) is 0 Å². The van der Waals surface area contributed by atoms with Crippen LogP contribution in [0.15, 0.2) is 24.3 Å². The highest BCUT2D eigenvalue weighted by molar-refractivity contribution is 5.92. The molecule has 4 N–H and O–H groups in total. The highest BCUT2D eigenvalue weighted by Crippen LogP contribution is 2.22. The summed E-state index contributed by atoms with van der Waals surface area (Å²) in [5.74, 6) is 0.566. The van der Waals surface area contributed by atoms with Crippen molar-refractivity contribution in [2.75, 3.05) is 13.1 Å². The molecular formula is C17H26ClN3O2. The molecule has 23 heavy (non-hydrogen) atoms. The Morgan fingerprint density at radius 3 is 2.87 bits per heavy atom. The summed E-state index contributed by atoms with van der Waals surface area (Å²) in [4.78, 5) is 23.2. The molecule has 0 aliphatic carbocycles. The Kier molecular flexibility index (Phi) is 8.06. The van der Waals surface area contributed by atoms with Crippen molar-refractivity contribution < 1.29 is 9.59 Å². The third-order valence-electron chi connectivity index (χ3n) is 4.35. The fraction of sp³-hybridized carbons (Fsp3) is 0.529. The zero-order valence-electron chi connectivity index (χ0n) is 13.5. The number of primary amides is 1. The standard InChI is InChI=1S/C17H25N3O2.ClH/c1-12(15-6-3-7-19-11-15)8-16(21)20-10-13-4-2-5-14(9-13)17(18)22;/h2,4-5,9,12,15,19H,3,6-8,10-11H2,1H3,(H2,18,22)(H,20,21);1H. The average Bonchev–Trinajstić information content (AvgIpc) is 2.54. The first-order chi connectivity index (χ1) is 10.6. The molecule has 1 heterocycles. The smallest absolute Gasteiger partial charge is 0.248 e. The number of hydrogen-bond acceptors (Lipinski definition) is 3. The van der Waals surface area contributed by atoms with Gasteiger partial charge in [-0.05, 0) is 55.5 Å². The van der Waals surface area contributed by atoms with E-state index in [1.165, 1.54) is 12.8 Å². The summed E-state index contributed by atoms with van der Waals surface area (Å²) in [7, 11) is 0. The third-order valence-corrected chi connectivity index (χ3v) is 4.35. The zero-order chi connectivity index (χ0) is 15.9. The van der Waals surface area contributed by atoms with Crippen LogP contribution in [0.3, 0.4) is 0 Å². The first kappa shape index (κ1) is 19.5. The van der Waals surface area contributed by atoms with E-state index in [9.17, 15) is 9.59 Å². The van der Waals surface area contributed by atoms with E-state index in [-0.39, 0.29) is 18.3 Å². The van der Waals surface area contributed by atoms with Crippen LogP contribution in [0.1, 0.15) is 42.1 Å². The minimum atomic E-state index is -0.452. The second-order valence-electron chi connectivity index (χ2n) is 6.13. The number of carbonyl (C=O) groups is 2. The lowest BCUT2D eigenvalue weighted by Crippen LogP contribution is -2.35. The van der Waals surface area contributed by atoms with Gasteiger partial charge in [0.05, 0.1) is 0 Å². The van der Waals surface area contributed by atoms with Crippen LogP contribution in [-0.2, 0) is 11.3 Å². The van der Waals surface area contributed by atoms with Crippen molar-refractivity contribution in [3.63, 3.8) is 0 Å². The van der Waals surface area contributed by atoms with Crippen LogP contribution in [0, 0.1) is 11.8 Å². The number of hydrogen-bond donors (Lipinski definition) is 3. The molecular weight excluding hydrogens is 314 g/mol. The molecule has 0 aromatic heterocycles. The van der Waals surface area contributed by atoms with Crippen LogP contribution in [-0.4, -0.2) is 24.9 Å². The molecule has 0 saturated carbocycles. The monoisotopic (exact) mass is 339 g/mol. The summed E-state index contributed by atoms with van der Waals surface area (Å²) in [6.45, 7) is 4.67. The maximum Gasteiger partial charge on any atom is 0.248 e. The van der Waals surface area contributed by atoms with E-state index in [1.54, 1.807) is 18.2 Å². The van der Waals surface area contributed by atoms with Crippen LogP contribution >= 0.6 is 12.4 Å². The molecule has 128 valence electrons. The predicted octanol–water partition coefficient (Wildman–Crippen LogP) is 1.85. The third kappa shape index (κ3) is 6.20. The number of benzene rings is 1. The van der Waals surface area contributed by atoms with E-state index in [4.69, 9.17) is 5.73 Å². The van der Waals surface area contributed by atoms with E-state index in [0.29, 0.717) is 30.4 Å². The number of nitrogens with two attached hydrogens (primary N) is 1. The summed E-state index contributed by atoms with van der Waals surface area (Å²) in [6, 6.07) is 7.04. The van der Waals surface area contributed by atoms with Crippen LogP contribution in [0.25, 0.3) is 0 Å². The molecule has 0 bridgehead atoms. The SMILES string of the molecule is CC(CC(=O)NCc1cccc(C(N)=O)c1)C1CCCNC1.Cl. The van der Waals surface area contributed by atoms with Gasteiger partial charge in [0.2, 0.25) is 11.8 Å². The largest absolute Gasteiger partial charge is 0.366 e. The molecule has 2 atom stereocenters. The lowest BCUT2D eigenvalue weighted by Gasteiger charge is -2.28. The van der Waals surface area contributed by atoms with Gasteiger partial charge in [0.1, 0.15) is 0 Å². The molecule has 2 unspecified atom stereocenters. The number of nitrogens with one attached hydrogen (secondary N) is 2. The van der Waals surface area contributed by atoms with Gasteiger partial charge in [-0.3, -0.25) is 9.59 Å². The summed E-state index contributed by atoms with van der Waals surface area (Å²) < 4.78 is 0. The van der Waals surface area contributed by atoms with Crippen molar-refractivity contribution >= 4 is 24.2 Å². The molecule has 1 aliphatic rings. The maximum absolute atomic E-state index is 12.1. The maximum atomic E-state index is 12.1. The second kappa shape index (κ2) is 9.53. The van der Waals surface area contributed by atoms with E-state index in [0.717, 1.165) is 18.7 Å². The molecule has 1 saturated heterocycles.